The quantitative estimate of drug-likeness (QED) is 0.365. The van der Waals surface area contributed by atoms with Gasteiger partial charge in [-0.15, -0.1) is 35.3 Å². The van der Waals surface area contributed by atoms with E-state index in [4.69, 9.17) is 9.47 Å². The smallest absolute Gasteiger partial charge is 0.231 e. The van der Waals surface area contributed by atoms with Gasteiger partial charge in [-0.05, 0) is 24.1 Å². The highest BCUT2D eigenvalue weighted by Gasteiger charge is 2.21. The Hall–Kier alpha value is -1.59. The third-order valence-corrected chi connectivity index (χ3v) is 6.10. The number of halogens is 1. The van der Waals surface area contributed by atoms with E-state index in [2.05, 4.69) is 49.5 Å². The molecule has 9 heteroatoms. The van der Waals surface area contributed by atoms with Crippen LogP contribution >= 0.6 is 35.3 Å². The largest absolute Gasteiger partial charge is 0.454 e. The van der Waals surface area contributed by atoms with Crippen LogP contribution in [-0.2, 0) is 19.5 Å². The molecule has 3 heterocycles. The van der Waals surface area contributed by atoms with Crippen molar-refractivity contribution in [1.82, 2.24) is 20.1 Å². The molecule has 0 atom stereocenters. The van der Waals surface area contributed by atoms with Gasteiger partial charge < -0.3 is 19.7 Å². The summed E-state index contributed by atoms with van der Waals surface area (Å²) in [5.74, 6) is 2.65. The molecule has 1 aromatic heterocycles. The first-order valence-corrected chi connectivity index (χ1v) is 10.6. The molecule has 2 aromatic rings. The van der Waals surface area contributed by atoms with Crippen molar-refractivity contribution in [2.24, 2.45) is 4.99 Å². The summed E-state index contributed by atoms with van der Waals surface area (Å²) in [4.78, 5) is 13.9. The summed E-state index contributed by atoms with van der Waals surface area (Å²) in [5.41, 5.74) is 2.35. The van der Waals surface area contributed by atoms with E-state index in [1.54, 1.807) is 11.3 Å². The lowest BCUT2D eigenvalue weighted by Gasteiger charge is -2.36. The number of aryl methyl sites for hydroxylation is 1. The Morgan fingerprint density at radius 1 is 1.21 bits per heavy atom. The monoisotopic (exact) mass is 529 g/mol. The molecular weight excluding hydrogens is 501 g/mol. The minimum absolute atomic E-state index is 0. The molecule has 7 nitrogen and oxygen atoms in total. The molecular formula is C20H28IN5O2S. The van der Waals surface area contributed by atoms with Gasteiger partial charge in [0.2, 0.25) is 6.79 Å². The second kappa shape index (κ2) is 10.4. The zero-order chi connectivity index (χ0) is 19.3. The summed E-state index contributed by atoms with van der Waals surface area (Å²) in [6.45, 7) is 8.04. The zero-order valence-corrected chi connectivity index (χ0v) is 20.0. The van der Waals surface area contributed by atoms with Crippen molar-refractivity contribution >= 4 is 41.3 Å². The van der Waals surface area contributed by atoms with Crippen LogP contribution < -0.4 is 14.8 Å². The first-order chi connectivity index (χ1) is 13.7. The van der Waals surface area contributed by atoms with Gasteiger partial charge in [0.1, 0.15) is 0 Å². The van der Waals surface area contributed by atoms with Crippen molar-refractivity contribution in [1.29, 1.82) is 0 Å². The van der Waals surface area contributed by atoms with Crippen LogP contribution in [0.15, 0.2) is 28.6 Å². The molecule has 1 fully saturated rings. The lowest BCUT2D eigenvalue weighted by atomic mass is 10.1. The normalized spacial score (nSPS) is 16.6. The third kappa shape index (κ3) is 5.52. The number of nitrogens with one attached hydrogen (secondary N) is 1. The third-order valence-electron chi connectivity index (χ3n) is 5.06. The molecule has 0 spiro atoms. The molecule has 158 valence electrons. The number of hydrogen-bond donors (Lipinski definition) is 1. The highest BCUT2D eigenvalue weighted by atomic mass is 127. The molecule has 0 radical (unpaired) electrons. The lowest BCUT2D eigenvalue weighted by Crippen LogP contribution is -2.52. The highest BCUT2D eigenvalue weighted by molar-refractivity contribution is 14.0. The maximum Gasteiger partial charge on any atom is 0.231 e. The van der Waals surface area contributed by atoms with Crippen molar-refractivity contribution in [2.75, 3.05) is 40.0 Å². The summed E-state index contributed by atoms with van der Waals surface area (Å²) in [5, 5.41) is 6.77. The number of hydrogen-bond acceptors (Lipinski definition) is 6. The fourth-order valence-corrected chi connectivity index (χ4v) is 4.25. The van der Waals surface area contributed by atoms with Crippen molar-refractivity contribution in [3.05, 3.63) is 39.8 Å². The van der Waals surface area contributed by atoms with Crippen LogP contribution in [0.5, 0.6) is 11.5 Å². The number of guanidine groups is 1. The Bertz CT molecular complexity index is 836. The van der Waals surface area contributed by atoms with E-state index < -0.39 is 0 Å². The van der Waals surface area contributed by atoms with E-state index in [0.29, 0.717) is 6.79 Å². The molecule has 0 aliphatic carbocycles. The highest BCUT2D eigenvalue weighted by Crippen LogP contribution is 2.32. The van der Waals surface area contributed by atoms with Crippen LogP contribution in [0.4, 0.5) is 0 Å². The molecule has 0 unspecified atom stereocenters. The van der Waals surface area contributed by atoms with Gasteiger partial charge in [-0.1, -0.05) is 13.0 Å². The number of fused-ring (bicyclic) bond motifs is 1. The molecule has 0 amide bonds. The van der Waals surface area contributed by atoms with Crippen LogP contribution in [0.3, 0.4) is 0 Å². The van der Waals surface area contributed by atoms with Gasteiger partial charge in [0.25, 0.3) is 0 Å². The first kappa shape index (κ1) is 22.1. The molecule has 2 aliphatic rings. The van der Waals surface area contributed by atoms with E-state index in [9.17, 15) is 0 Å². The number of piperazine rings is 1. The molecule has 4 rings (SSSR count). The van der Waals surface area contributed by atoms with Crippen LogP contribution in [0.1, 0.15) is 23.2 Å². The van der Waals surface area contributed by atoms with Crippen molar-refractivity contribution in [2.45, 2.75) is 26.4 Å². The predicted octanol–water partition coefficient (Wildman–Crippen LogP) is 2.95. The molecule has 0 bridgehead atoms. The number of aliphatic imine (C=N–C) groups is 1. The average Bonchev–Trinajstić information content (AvgIpc) is 3.38. The van der Waals surface area contributed by atoms with Gasteiger partial charge in [0.15, 0.2) is 17.5 Å². The molecule has 1 saturated heterocycles. The summed E-state index contributed by atoms with van der Waals surface area (Å²) < 4.78 is 10.9. The van der Waals surface area contributed by atoms with Gasteiger partial charge in [-0.3, -0.25) is 9.89 Å². The molecule has 29 heavy (non-hydrogen) atoms. The van der Waals surface area contributed by atoms with Crippen LogP contribution in [0.2, 0.25) is 0 Å². The summed E-state index contributed by atoms with van der Waals surface area (Å²) in [6.07, 6.45) is 0.991. The minimum atomic E-state index is 0. The van der Waals surface area contributed by atoms with Crippen molar-refractivity contribution in [3.63, 3.8) is 0 Å². The number of aromatic nitrogens is 1. The van der Waals surface area contributed by atoms with E-state index in [1.165, 1.54) is 10.6 Å². The molecule has 0 saturated carbocycles. The van der Waals surface area contributed by atoms with Crippen LogP contribution in [0, 0.1) is 0 Å². The predicted molar refractivity (Wildman–Crippen MR) is 127 cm³/mol. The van der Waals surface area contributed by atoms with Gasteiger partial charge in [0.05, 0.1) is 17.2 Å². The second-order valence-electron chi connectivity index (χ2n) is 6.94. The SMILES string of the molecule is CCc1nc(CNC(=NC)N2CCN(Cc3ccc4c(c3)OCO4)CC2)cs1.I. The number of thiazole rings is 1. The Kier molecular flexibility index (Phi) is 7.96. The van der Waals surface area contributed by atoms with Crippen LogP contribution in [0.25, 0.3) is 0 Å². The second-order valence-corrected chi connectivity index (χ2v) is 7.88. The van der Waals surface area contributed by atoms with E-state index in [-0.39, 0.29) is 24.0 Å². The summed E-state index contributed by atoms with van der Waals surface area (Å²) in [7, 11) is 1.85. The van der Waals surface area contributed by atoms with E-state index in [0.717, 1.165) is 68.8 Å². The number of nitrogens with zero attached hydrogens (tertiary/aromatic N) is 4. The fourth-order valence-electron chi connectivity index (χ4n) is 3.51. The van der Waals surface area contributed by atoms with E-state index >= 15 is 0 Å². The Morgan fingerprint density at radius 2 is 2.00 bits per heavy atom. The Labute approximate surface area is 193 Å². The fraction of sp³-hybridized carbons (Fsp3) is 0.500. The van der Waals surface area contributed by atoms with Gasteiger partial charge >= 0.3 is 0 Å². The first-order valence-electron chi connectivity index (χ1n) is 9.75. The Morgan fingerprint density at radius 3 is 2.72 bits per heavy atom. The van der Waals surface area contributed by atoms with Gasteiger partial charge in [-0.25, -0.2) is 4.98 Å². The number of rotatable bonds is 5. The van der Waals surface area contributed by atoms with Gasteiger partial charge in [0, 0.05) is 45.2 Å². The lowest BCUT2D eigenvalue weighted by molar-refractivity contribution is 0.171. The maximum atomic E-state index is 5.49. The molecule has 1 N–H and O–H groups in total. The maximum absolute atomic E-state index is 5.49. The minimum Gasteiger partial charge on any atom is -0.454 e. The molecule has 1 aromatic carbocycles. The average molecular weight is 529 g/mol. The standard InChI is InChI=1S/C20H27N5O2S.HI/c1-3-19-23-16(13-28-19)11-22-20(21-2)25-8-6-24(7-9-25)12-15-4-5-17-18(10-15)27-14-26-17;/h4-5,10,13H,3,6-9,11-12,14H2,1-2H3,(H,21,22);1H. The van der Waals surface area contributed by atoms with Crippen LogP contribution in [-0.4, -0.2) is 60.8 Å². The van der Waals surface area contributed by atoms with Gasteiger partial charge in [-0.2, -0.15) is 0 Å². The topological polar surface area (TPSA) is 62.2 Å². The Balaban J connectivity index is 0.00000240. The number of ether oxygens (including phenoxy) is 2. The van der Waals surface area contributed by atoms with Crippen molar-refractivity contribution < 1.29 is 9.47 Å². The van der Waals surface area contributed by atoms with E-state index in [1.807, 2.05) is 13.1 Å². The summed E-state index contributed by atoms with van der Waals surface area (Å²) in [6, 6.07) is 6.22. The molecule has 2 aliphatic heterocycles. The number of benzene rings is 1. The zero-order valence-electron chi connectivity index (χ0n) is 16.9. The van der Waals surface area contributed by atoms with Crippen molar-refractivity contribution in [3.8, 4) is 11.5 Å². The summed E-state index contributed by atoms with van der Waals surface area (Å²) >= 11 is 1.72.